The van der Waals surface area contributed by atoms with Gasteiger partial charge in [-0.3, -0.25) is 4.90 Å². The van der Waals surface area contributed by atoms with Crippen molar-refractivity contribution in [1.29, 1.82) is 0 Å². The lowest BCUT2D eigenvalue weighted by Gasteiger charge is -2.27. The Hall–Kier alpha value is -1.60. The quantitative estimate of drug-likeness (QED) is 0.852. The number of hydrogen-bond donors (Lipinski definition) is 0. The molecular formula is C16H21N5OS. The average molecular weight is 331 g/mol. The first-order valence-corrected chi connectivity index (χ1v) is 9.38. The second kappa shape index (κ2) is 6.88. The fourth-order valence-corrected chi connectivity index (χ4v) is 3.97. The molecule has 0 radical (unpaired) electrons. The second-order valence-corrected chi connectivity index (χ2v) is 7.22. The molecule has 0 bridgehead atoms. The summed E-state index contributed by atoms with van der Waals surface area (Å²) in [6.45, 7) is 5.15. The molecule has 0 saturated carbocycles. The minimum Gasteiger partial charge on any atom is -0.355 e. The Morgan fingerprint density at radius 3 is 2.65 bits per heavy atom. The lowest BCUT2D eigenvalue weighted by molar-refractivity contribution is 0.268. The summed E-state index contributed by atoms with van der Waals surface area (Å²) in [5, 5.41) is 4.10. The van der Waals surface area contributed by atoms with E-state index in [1.165, 1.54) is 24.3 Å². The van der Waals surface area contributed by atoms with Crippen LogP contribution in [0.15, 0.2) is 22.9 Å². The summed E-state index contributed by atoms with van der Waals surface area (Å²) in [6.07, 6.45) is 4.38. The van der Waals surface area contributed by atoms with Gasteiger partial charge in [-0.05, 0) is 38.1 Å². The highest BCUT2D eigenvalue weighted by Crippen LogP contribution is 2.21. The highest BCUT2D eigenvalue weighted by Gasteiger charge is 2.17. The number of aromatic nitrogens is 3. The van der Waals surface area contributed by atoms with Crippen molar-refractivity contribution in [2.45, 2.75) is 19.4 Å². The van der Waals surface area contributed by atoms with E-state index in [-0.39, 0.29) is 0 Å². The van der Waals surface area contributed by atoms with Crippen molar-refractivity contribution in [3.05, 3.63) is 24.2 Å². The fourth-order valence-electron chi connectivity index (χ4n) is 3.07. The SMILES string of the molecule is c1cc(N2CCSCC2)ncc1-c1noc(CN2CCCC2)n1. The van der Waals surface area contributed by atoms with Crippen LogP contribution in [0.5, 0.6) is 0 Å². The number of nitrogens with zero attached hydrogens (tertiary/aromatic N) is 5. The molecule has 4 heterocycles. The molecule has 2 aliphatic heterocycles. The molecule has 2 saturated heterocycles. The number of pyridine rings is 1. The van der Waals surface area contributed by atoms with Gasteiger partial charge in [-0.25, -0.2) is 4.98 Å². The third-order valence-corrected chi connectivity index (χ3v) is 5.31. The van der Waals surface area contributed by atoms with Gasteiger partial charge < -0.3 is 9.42 Å². The topological polar surface area (TPSA) is 58.3 Å². The van der Waals surface area contributed by atoms with Crippen molar-refractivity contribution in [1.82, 2.24) is 20.0 Å². The Kier molecular flexibility index (Phi) is 4.48. The van der Waals surface area contributed by atoms with Gasteiger partial charge in [0.1, 0.15) is 5.82 Å². The summed E-state index contributed by atoms with van der Waals surface area (Å²) >= 11 is 2.00. The molecule has 0 unspecified atom stereocenters. The van der Waals surface area contributed by atoms with Gasteiger partial charge in [0, 0.05) is 36.4 Å². The Balaban J connectivity index is 1.44. The minimum atomic E-state index is 0.632. The normalized spacial score (nSPS) is 19.4. The molecule has 6 nitrogen and oxygen atoms in total. The van der Waals surface area contributed by atoms with Gasteiger partial charge in [-0.2, -0.15) is 16.7 Å². The van der Waals surface area contributed by atoms with E-state index in [0.29, 0.717) is 11.7 Å². The van der Waals surface area contributed by atoms with E-state index >= 15 is 0 Å². The van der Waals surface area contributed by atoms with E-state index in [4.69, 9.17) is 4.52 Å². The lowest BCUT2D eigenvalue weighted by atomic mass is 10.2. The van der Waals surface area contributed by atoms with Gasteiger partial charge >= 0.3 is 0 Å². The third kappa shape index (κ3) is 3.50. The molecule has 2 aliphatic rings. The molecule has 2 fully saturated rings. The minimum absolute atomic E-state index is 0.632. The third-order valence-electron chi connectivity index (χ3n) is 4.37. The fraction of sp³-hybridized carbons (Fsp3) is 0.562. The molecule has 0 N–H and O–H groups in total. The van der Waals surface area contributed by atoms with Crippen LogP contribution >= 0.6 is 11.8 Å². The van der Waals surface area contributed by atoms with Crippen molar-refractivity contribution >= 4 is 17.6 Å². The van der Waals surface area contributed by atoms with Gasteiger partial charge in [-0.1, -0.05) is 5.16 Å². The molecule has 122 valence electrons. The average Bonchev–Trinajstić information content (AvgIpc) is 3.28. The first-order chi connectivity index (χ1) is 11.4. The van der Waals surface area contributed by atoms with E-state index in [2.05, 4.69) is 31.0 Å². The number of hydrogen-bond acceptors (Lipinski definition) is 7. The number of anilines is 1. The zero-order valence-electron chi connectivity index (χ0n) is 13.1. The molecule has 7 heteroatoms. The Bertz CT molecular complexity index is 632. The lowest BCUT2D eigenvalue weighted by Crippen LogP contribution is -2.32. The summed E-state index contributed by atoms with van der Waals surface area (Å²) < 4.78 is 5.38. The van der Waals surface area contributed by atoms with Crippen LogP contribution < -0.4 is 4.90 Å². The predicted octanol–water partition coefficient (Wildman–Crippen LogP) is 2.28. The summed E-state index contributed by atoms with van der Waals surface area (Å²) in [6, 6.07) is 4.09. The van der Waals surface area contributed by atoms with Crippen molar-refractivity contribution < 1.29 is 4.52 Å². The molecular weight excluding hydrogens is 310 g/mol. The monoisotopic (exact) mass is 331 g/mol. The van der Waals surface area contributed by atoms with Crippen LogP contribution in [-0.2, 0) is 6.54 Å². The van der Waals surface area contributed by atoms with Crippen LogP contribution in [0.3, 0.4) is 0 Å². The molecule has 2 aromatic rings. The molecule has 4 rings (SSSR count). The maximum atomic E-state index is 5.38. The van der Waals surface area contributed by atoms with Crippen LogP contribution in [0, 0.1) is 0 Å². The van der Waals surface area contributed by atoms with Gasteiger partial charge in [-0.15, -0.1) is 0 Å². The predicted molar refractivity (Wildman–Crippen MR) is 91.6 cm³/mol. The molecule has 0 spiro atoms. The van der Waals surface area contributed by atoms with Crippen molar-refractivity contribution in [2.24, 2.45) is 0 Å². The van der Waals surface area contributed by atoms with Gasteiger partial charge in [0.25, 0.3) is 0 Å². The first kappa shape index (κ1) is 15.0. The van der Waals surface area contributed by atoms with Crippen molar-refractivity contribution in [3.63, 3.8) is 0 Å². The molecule has 23 heavy (non-hydrogen) atoms. The summed E-state index contributed by atoms with van der Waals surface area (Å²) in [7, 11) is 0. The maximum absolute atomic E-state index is 5.38. The van der Waals surface area contributed by atoms with Crippen LogP contribution in [0.25, 0.3) is 11.4 Å². The second-order valence-electron chi connectivity index (χ2n) is 6.00. The largest absolute Gasteiger partial charge is 0.355 e. The van der Waals surface area contributed by atoms with Gasteiger partial charge in [0.2, 0.25) is 11.7 Å². The Morgan fingerprint density at radius 1 is 1.09 bits per heavy atom. The Labute approximate surface area is 140 Å². The number of thioether (sulfide) groups is 1. The standard InChI is InChI=1S/C16H21N5OS/c1-2-6-20(5-1)12-15-18-16(19-22-15)13-3-4-14(17-11-13)21-7-9-23-10-8-21/h3-4,11H,1-2,5-10,12H2. The van der Waals surface area contributed by atoms with Crippen LogP contribution in [0.1, 0.15) is 18.7 Å². The van der Waals surface area contributed by atoms with E-state index in [1.54, 1.807) is 0 Å². The van der Waals surface area contributed by atoms with Crippen molar-refractivity contribution in [2.75, 3.05) is 42.6 Å². The zero-order valence-corrected chi connectivity index (χ0v) is 14.0. The van der Waals surface area contributed by atoms with E-state index in [0.717, 1.165) is 44.1 Å². The first-order valence-electron chi connectivity index (χ1n) is 8.22. The zero-order chi connectivity index (χ0) is 15.5. The summed E-state index contributed by atoms with van der Waals surface area (Å²) in [5.74, 6) is 4.71. The van der Waals surface area contributed by atoms with Crippen LogP contribution in [-0.4, -0.2) is 57.7 Å². The summed E-state index contributed by atoms with van der Waals surface area (Å²) in [5.41, 5.74) is 0.913. The van der Waals surface area contributed by atoms with Crippen LogP contribution in [0.4, 0.5) is 5.82 Å². The summed E-state index contributed by atoms with van der Waals surface area (Å²) in [4.78, 5) is 13.8. The maximum Gasteiger partial charge on any atom is 0.241 e. The highest BCUT2D eigenvalue weighted by molar-refractivity contribution is 7.99. The van der Waals surface area contributed by atoms with Gasteiger partial charge in [0.05, 0.1) is 6.54 Å². The molecule has 0 atom stereocenters. The van der Waals surface area contributed by atoms with Gasteiger partial charge in [0.15, 0.2) is 0 Å². The van der Waals surface area contributed by atoms with E-state index in [1.807, 2.05) is 24.0 Å². The van der Waals surface area contributed by atoms with E-state index in [9.17, 15) is 0 Å². The highest BCUT2D eigenvalue weighted by atomic mass is 32.2. The number of rotatable bonds is 4. The number of likely N-dealkylation sites (tertiary alicyclic amines) is 1. The van der Waals surface area contributed by atoms with Crippen molar-refractivity contribution in [3.8, 4) is 11.4 Å². The van der Waals surface area contributed by atoms with E-state index < -0.39 is 0 Å². The molecule has 2 aromatic heterocycles. The molecule has 0 amide bonds. The smallest absolute Gasteiger partial charge is 0.241 e. The molecule has 0 aromatic carbocycles. The van der Waals surface area contributed by atoms with Crippen LogP contribution in [0.2, 0.25) is 0 Å². The molecule has 0 aliphatic carbocycles. The Morgan fingerprint density at radius 2 is 1.91 bits per heavy atom.